The normalized spacial score (nSPS) is 16.7. The molecule has 0 aliphatic carbocycles. The van der Waals surface area contributed by atoms with E-state index < -0.39 is 0 Å². The van der Waals surface area contributed by atoms with Crippen LogP contribution in [-0.4, -0.2) is 58.2 Å². The van der Waals surface area contributed by atoms with Crippen molar-refractivity contribution < 1.29 is 4.79 Å². The van der Waals surface area contributed by atoms with Crippen LogP contribution in [0.25, 0.3) is 10.2 Å². The van der Waals surface area contributed by atoms with Gasteiger partial charge in [0.1, 0.15) is 0 Å². The van der Waals surface area contributed by atoms with Crippen molar-refractivity contribution in [3.63, 3.8) is 0 Å². The summed E-state index contributed by atoms with van der Waals surface area (Å²) in [6, 6.07) is 7.87. The first kappa shape index (κ1) is 22.3. The smallest absolute Gasteiger partial charge is 0.253 e. The Bertz CT molecular complexity index is 1130. The van der Waals surface area contributed by atoms with E-state index in [1.807, 2.05) is 36.8 Å². The Morgan fingerprint density at radius 2 is 2.12 bits per heavy atom. The number of rotatable bonds is 8. The van der Waals surface area contributed by atoms with Crippen LogP contribution in [0.2, 0.25) is 0 Å². The van der Waals surface area contributed by atoms with Crippen LogP contribution in [-0.2, 0) is 0 Å². The summed E-state index contributed by atoms with van der Waals surface area (Å²) in [6.07, 6.45) is 6.38. The summed E-state index contributed by atoms with van der Waals surface area (Å²) >= 11 is 3.16. The molecule has 0 bridgehead atoms. The number of benzene rings is 1. The lowest BCUT2D eigenvalue weighted by molar-refractivity contribution is 0.0790. The third-order valence-corrected chi connectivity index (χ3v) is 7.03. The first-order chi connectivity index (χ1) is 15.6. The Morgan fingerprint density at radius 1 is 1.34 bits per heavy atom. The van der Waals surface area contributed by atoms with E-state index in [0.29, 0.717) is 30.5 Å². The minimum atomic E-state index is -0.0559. The summed E-state index contributed by atoms with van der Waals surface area (Å²) in [4.78, 5) is 28.8. The van der Waals surface area contributed by atoms with Crippen LogP contribution >= 0.6 is 23.1 Å². The molecule has 8 nitrogen and oxygen atoms in total. The summed E-state index contributed by atoms with van der Waals surface area (Å²) in [5, 5.41) is 16.6. The van der Waals surface area contributed by atoms with E-state index in [4.69, 9.17) is 5.26 Å². The van der Waals surface area contributed by atoms with E-state index in [-0.39, 0.29) is 11.8 Å². The molecule has 3 aromatic rings. The first-order valence-corrected chi connectivity index (χ1v) is 12.5. The van der Waals surface area contributed by atoms with Crippen LogP contribution < -0.4 is 10.6 Å². The Kier molecular flexibility index (Phi) is 7.07. The standard InChI is InChI=1S/C22H25N7OS2/c1-14(9-24-21-25-11-17(31-2)12-26-21)10-27-22-28-18-4-3-16(7-19(18)32-22)20(30)29-6-5-15(8-23)13-29/h3-4,7,11-12,14-15H,5-6,9-10,13H2,1-2H3,(H,27,28)(H,24,25,26)/t14-,15?/m0/s1. The maximum Gasteiger partial charge on any atom is 0.253 e. The van der Waals surface area contributed by atoms with Crippen molar-refractivity contribution in [1.82, 2.24) is 19.9 Å². The molecule has 1 aliphatic rings. The fraction of sp³-hybridized carbons (Fsp3) is 0.409. The van der Waals surface area contributed by atoms with E-state index in [9.17, 15) is 4.79 Å². The largest absolute Gasteiger partial charge is 0.361 e. The predicted molar refractivity (Wildman–Crippen MR) is 129 cm³/mol. The summed E-state index contributed by atoms with van der Waals surface area (Å²) in [5.41, 5.74) is 1.52. The van der Waals surface area contributed by atoms with Gasteiger partial charge in [0, 0.05) is 49.0 Å². The van der Waals surface area contributed by atoms with E-state index in [0.717, 1.165) is 39.8 Å². The second-order valence-electron chi connectivity index (χ2n) is 7.88. The maximum absolute atomic E-state index is 12.8. The van der Waals surface area contributed by atoms with Crippen molar-refractivity contribution in [2.24, 2.45) is 11.8 Å². The monoisotopic (exact) mass is 467 g/mol. The molecule has 1 saturated heterocycles. The number of aromatic nitrogens is 3. The van der Waals surface area contributed by atoms with Crippen LogP contribution in [0.3, 0.4) is 0 Å². The molecule has 0 radical (unpaired) electrons. The molecule has 2 N–H and O–H groups in total. The molecule has 32 heavy (non-hydrogen) atoms. The minimum absolute atomic E-state index is 0.0139. The van der Waals surface area contributed by atoms with Gasteiger partial charge in [0.15, 0.2) is 5.13 Å². The predicted octanol–water partition coefficient (Wildman–Crippen LogP) is 3.95. The summed E-state index contributed by atoms with van der Waals surface area (Å²) in [7, 11) is 0. The highest BCUT2D eigenvalue weighted by molar-refractivity contribution is 7.98. The average molecular weight is 468 g/mol. The molecular formula is C22H25N7OS2. The van der Waals surface area contributed by atoms with Gasteiger partial charge < -0.3 is 15.5 Å². The number of nitrogens with one attached hydrogen (secondary N) is 2. The SMILES string of the molecule is CSc1cnc(NC[C@H](C)CNc2nc3ccc(C(=O)N4CCC(C#N)C4)cc3s2)nc1. The molecule has 2 atom stereocenters. The van der Waals surface area contributed by atoms with Gasteiger partial charge in [-0.05, 0) is 36.8 Å². The summed E-state index contributed by atoms with van der Waals surface area (Å²) in [5.74, 6) is 0.900. The van der Waals surface area contributed by atoms with Gasteiger partial charge in [-0.15, -0.1) is 11.8 Å². The molecule has 1 unspecified atom stereocenters. The fourth-order valence-corrected chi connectivity index (χ4v) is 4.71. The number of amides is 1. The highest BCUT2D eigenvalue weighted by Gasteiger charge is 2.27. The van der Waals surface area contributed by atoms with E-state index >= 15 is 0 Å². The minimum Gasteiger partial charge on any atom is -0.361 e. The third-order valence-electron chi connectivity index (χ3n) is 5.37. The number of hydrogen-bond acceptors (Lipinski definition) is 9. The quantitative estimate of drug-likeness (QED) is 0.480. The van der Waals surface area contributed by atoms with E-state index in [1.165, 1.54) is 0 Å². The average Bonchev–Trinajstić information content (AvgIpc) is 3.47. The van der Waals surface area contributed by atoms with Crippen molar-refractivity contribution in [3.8, 4) is 6.07 Å². The van der Waals surface area contributed by atoms with Crippen LogP contribution in [0, 0.1) is 23.2 Å². The number of nitrogens with zero attached hydrogens (tertiary/aromatic N) is 5. The van der Waals surface area contributed by atoms with Gasteiger partial charge in [-0.2, -0.15) is 5.26 Å². The van der Waals surface area contributed by atoms with Gasteiger partial charge in [0.25, 0.3) is 5.91 Å². The molecule has 3 heterocycles. The molecule has 1 aromatic carbocycles. The molecule has 166 valence electrons. The van der Waals surface area contributed by atoms with Crippen LogP contribution in [0.5, 0.6) is 0 Å². The van der Waals surface area contributed by atoms with Crippen LogP contribution in [0.1, 0.15) is 23.7 Å². The van der Waals surface area contributed by atoms with Gasteiger partial charge in [0.2, 0.25) is 5.95 Å². The number of fused-ring (bicyclic) bond motifs is 1. The first-order valence-electron chi connectivity index (χ1n) is 10.5. The van der Waals surface area contributed by atoms with E-state index in [2.05, 4.69) is 38.6 Å². The summed E-state index contributed by atoms with van der Waals surface area (Å²) in [6.45, 7) is 4.80. The molecule has 10 heteroatoms. The lowest BCUT2D eigenvalue weighted by Crippen LogP contribution is -2.28. The lowest BCUT2D eigenvalue weighted by Gasteiger charge is -2.15. The Balaban J connectivity index is 1.31. The number of thioether (sulfide) groups is 1. The number of anilines is 2. The number of hydrogen-bond donors (Lipinski definition) is 2. The number of nitriles is 1. The molecule has 1 aliphatic heterocycles. The number of likely N-dealkylation sites (tertiary alicyclic amines) is 1. The molecule has 1 fully saturated rings. The summed E-state index contributed by atoms with van der Waals surface area (Å²) < 4.78 is 0.974. The van der Waals surface area contributed by atoms with Gasteiger partial charge in [-0.3, -0.25) is 4.79 Å². The van der Waals surface area contributed by atoms with Gasteiger partial charge >= 0.3 is 0 Å². The molecule has 4 rings (SSSR count). The van der Waals surface area contributed by atoms with Crippen molar-refractivity contribution in [3.05, 3.63) is 36.2 Å². The molecule has 2 aromatic heterocycles. The zero-order valence-corrected chi connectivity index (χ0v) is 19.7. The van der Waals surface area contributed by atoms with Gasteiger partial charge in [-0.25, -0.2) is 15.0 Å². The second kappa shape index (κ2) is 10.1. The highest BCUT2D eigenvalue weighted by atomic mass is 32.2. The maximum atomic E-state index is 12.8. The molecule has 0 saturated carbocycles. The van der Waals surface area contributed by atoms with Gasteiger partial charge in [-0.1, -0.05) is 18.3 Å². The van der Waals surface area contributed by atoms with Crippen molar-refractivity contribution in [2.75, 3.05) is 43.1 Å². The zero-order chi connectivity index (χ0) is 22.5. The molecular weight excluding hydrogens is 442 g/mol. The number of carbonyl (C=O) groups excluding carboxylic acids is 1. The topological polar surface area (TPSA) is 107 Å². The van der Waals surface area contributed by atoms with Crippen LogP contribution in [0.15, 0.2) is 35.5 Å². The third kappa shape index (κ3) is 5.29. The van der Waals surface area contributed by atoms with Crippen LogP contribution in [0.4, 0.5) is 11.1 Å². The lowest BCUT2D eigenvalue weighted by atomic mass is 10.1. The van der Waals surface area contributed by atoms with Crippen molar-refractivity contribution >= 4 is 50.3 Å². The number of carbonyl (C=O) groups is 1. The Hall–Kier alpha value is -2.90. The van der Waals surface area contributed by atoms with Crippen molar-refractivity contribution in [2.45, 2.75) is 18.2 Å². The van der Waals surface area contributed by atoms with Gasteiger partial charge in [0.05, 0.1) is 22.2 Å². The highest BCUT2D eigenvalue weighted by Crippen LogP contribution is 2.28. The van der Waals surface area contributed by atoms with E-state index in [1.54, 1.807) is 28.0 Å². The fourth-order valence-electron chi connectivity index (χ4n) is 3.48. The Morgan fingerprint density at radius 3 is 2.84 bits per heavy atom. The van der Waals surface area contributed by atoms with Crippen molar-refractivity contribution in [1.29, 1.82) is 5.26 Å². The zero-order valence-electron chi connectivity index (χ0n) is 18.0. The second-order valence-corrected chi connectivity index (χ2v) is 9.79. The molecule has 1 amide bonds. The number of thiazole rings is 1. The Labute approximate surface area is 195 Å². The molecule has 0 spiro atoms.